The molecule has 0 radical (unpaired) electrons. The van der Waals surface area contributed by atoms with Crippen LogP contribution in [0.3, 0.4) is 0 Å². The van der Waals surface area contributed by atoms with Crippen molar-refractivity contribution in [2.24, 2.45) is 7.05 Å². The van der Waals surface area contributed by atoms with E-state index in [0.717, 1.165) is 23.2 Å². The fourth-order valence-corrected chi connectivity index (χ4v) is 2.93. The SMILES string of the molecule is Cc1nnc(SCCC(C)(CO)NC(C)C)n1C. The Labute approximate surface area is 113 Å². The Hall–Kier alpha value is -0.590. The van der Waals surface area contributed by atoms with Crippen molar-refractivity contribution in [3.63, 3.8) is 0 Å². The summed E-state index contributed by atoms with van der Waals surface area (Å²) in [6.45, 7) is 8.31. The van der Waals surface area contributed by atoms with Gasteiger partial charge in [0.2, 0.25) is 0 Å². The molecule has 104 valence electrons. The summed E-state index contributed by atoms with van der Waals surface area (Å²) in [6, 6.07) is 0.365. The molecule has 0 saturated heterocycles. The number of aryl methyl sites for hydroxylation is 1. The predicted molar refractivity (Wildman–Crippen MR) is 74.8 cm³/mol. The average molecular weight is 272 g/mol. The molecule has 1 aromatic heterocycles. The van der Waals surface area contributed by atoms with E-state index in [9.17, 15) is 5.11 Å². The van der Waals surface area contributed by atoms with Gasteiger partial charge in [0.1, 0.15) is 5.82 Å². The Balaban J connectivity index is 2.47. The van der Waals surface area contributed by atoms with Crippen LogP contribution in [-0.4, -0.2) is 43.8 Å². The number of nitrogens with one attached hydrogen (secondary N) is 1. The van der Waals surface area contributed by atoms with E-state index in [1.165, 1.54) is 0 Å². The Morgan fingerprint density at radius 1 is 1.44 bits per heavy atom. The molecule has 1 aromatic rings. The number of thioether (sulfide) groups is 1. The molecule has 0 aliphatic rings. The van der Waals surface area contributed by atoms with Gasteiger partial charge in [-0.25, -0.2) is 0 Å². The highest BCUT2D eigenvalue weighted by atomic mass is 32.2. The molecule has 0 aliphatic heterocycles. The maximum atomic E-state index is 9.49. The third-order valence-electron chi connectivity index (χ3n) is 2.92. The van der Waals surface area contributed by atoms with Crippen LogP contribution in [0.4, 0.5) is 0 Å². The van der Waals surface area contributed by atoms with Gasteiger partial charge in [-0.05, 0) is 20.3 Å². The molecule has 0 aliphatic carbocycles. The highest BCUT2D eigenvalue weighted by Crippen LogP contribution is 2.20. The van der Waals surface area contributed by atoms with Gasteiger partial charge < -0.3 is 15.0 Å². The van der Waals surface area contributed by atoms with Crippen molar-refractivity contribution >= 4 is 11.8 Å². The van der Waals surface area contributed by atoms with Gasteiger partial charge in [-0.2, -0.15) is 0 Å². The van der Waals surface area contributed by atoms with Crippen LogP contribution >= 0.6 is 11.8 Å². The monoisotopic (exact) mass is 272 g/mol. The van der Waals surface area contributed by atoms with Crippen LogP contribution in [0, 0.1) is 6.92 Å². The lowest BCUT2D eigenvalue weighted by atomic mass is 9.99. The minimum atomic E-state index is -0.227. The van der Waals surface area contributed by atoms with Crippen LogP contribution in [-0.2, 0) is 7.05 Å². The summed E-state index contributed by atoms with van der Waals surface area (Å²) in [5.41, 5.74) is -0.227. The van der Waals surface area contributed by atoms with Crippen LogP contribution in [0.2, 0.25) is 0 Å². The van der Waals surface area contributed by atoms with Gasteiger partial charge >= 0.3 is 0 Å². The maximum Gasteiger partial charge on any atom is 0.190 e. The lowest BCUT2D eigenvalue weighted by Gasteiger charge is -2.31. The molecule has 6 heteroatoms. The molecule has 0 amide bonds. The van der Waals surface area contributed by atoms with E-state index in [2.05, 4.69) is 36.3 Å². The van der Waals surface area contributed by atoms with Crippen LogP contribution in [0.5, 0.6) is 0 Å². The van der Waals surface area contributed by atoms with Crippen molar-refractivity contribution in [1.29, 1.82) is 0 Å². The van der Waals surface area contributed by atoms with E-state index < -0.39 is 0 Å². The van der Waals surface area contributed by atoms with Crippen molar-refractivity contribution in [1.82, 2.24) is 20.1 Å². The van der Waals surface area contributed by atoms with Gasteiger partial charge in [0.15, 0.2) is 5.16 Å². The number of aliphatic hydroxyl groups is 1. The zero-order valence-corrected chi connectivity index (χ0v) is 12.7. The first kappa shape index (κ1) is 15.5. The molecule has 0 spiro atoms. The van der Waals surface area contributed by atoms with Crippen LogP contribution in [0.15, 0.2) is 5.16 Å². The summed E-state index contributed by atoms with van der Waals surface area (Å²) < 4.78 is 1.98. The predicted octanol–water partition coefficient (Wildman–Crippen LogP) is 1.35. The second-order valence-corrected chi connectivity index (χ2v) is 6.27. The Kier molecular flexibility index (Phi) is 5.62. The second kappa shape index (κ2) is 6.54. The van der Waals surface area contributed by atoms with Crippen molar-refractivity contribution < 1.29 is 5.11 Å². The van der Waals surface area contributed by atoms with E-state index in [1.807, 2.05) is 18.5 Å². The smallest absolute Gasteiger partial charge is 0.190 e. The van der Waals surface area contributed by atoms with E-state index in [1.54, 1.807) is 11.8 Å². The molecule has 1 rings (SSSR count). The van der Waals surface area contributed by atoms with Crippen molar-refractivity contribution in [3.05, 3.63) is 5.82 Å². The lowest BCUT2D eigenvalue weighted by Crippen LogP contribution is -2.49. The lowest BCUT2D eigenvalue weighted by molar-refractivity contribution is 0.162. The number of rotatable bonds is 7. The maximum absolute atomic E-state index is 9.49. The highest BCUT2D eigenvalue weighted by molar-refractivity contribution is 7.99. The van der Waals surface area contributed by atoms with Crippen molar-refractivity contribution in [2.45, 2.75) is 50.9 Å². The first-order valence-electron chi connectivity index (χ1n) is 6.25. The Morgan fingerprint density at radius 3 is 2.56 bits per heavy atom. The summed E-state index contributed by atoms with van der Waals surface area (Å²) in [7, 11) is 1.97. The normalized spacial score (nSPS) is 15.1. The molecule has 1 heterocycles. The summed E-state index contributed by atoms with van der Waals surface area (Å²) in [5.74, 6) is 1.82. The average Bonchev–Trinajstić information content (AvgIpc) is 2.60. The number of aromatic nitrogens is 3. The molecular weight excluding hydrogens is 248 g/mol. The van der Waals surface area contributed by atoms with Gasteiger partial charge in [0.25, 0.3) is 0 Å². The highest BCUT2D eigenvalue weighted by Gasteiger charge is 2.23. The summed E-state index contributed by atoms with van der Waals surface area (Å²) >= 11 is 1.68. The second-order valence-electron chi connectivity index (χ2n) is 5.21. The van der Waals surface area contributed by atoms with Crippen molar-refractivity contribution in [3.8, 4) is 0 Å². The van der Waals surface area contributed by atoms with E-state index in [-0.39, 0.29) is 12.1 Å². The number of hydrogen-bond donors (Lipinski definition) is 2. The van der Waals surface area contributed by atoms with Gasteiger partial charge in [-0.1, -0.05) is 25.6 Å². The number of aliphatic hydroxyl groups excluding tert-OH is 1. The summed E-state index contributed by atoms with van der Waals surface area (Å²) in [5, 5.41) is 22.0. The molecule has 0 bridgehead atoms. The Bertz CT molecular complexity index is 380. The van der Waals surface area contributed by atoms with Crippen LogP contribution < -0.4 is 5.32 Å². The minimum absolute atomic E-state index is 0.142. The molecule has 0 fully saturated rings. The Morgan fingerprint density at radius 2 is 2.11 bits per heavy atom. The molecule has 0 aromatic carbocycles. The fourth-order valence-electron chi connectivity index (χ4n) is 1.77. The largest absolute Gasteiger partial charge is 0.394 e. The molecule has 18 heavy (non-hydrogen) atoms. The van der Waals surface area contributed by atoms with Crippen LogP contribution in [0.25, 0.3) is 0 Å². The van der Waals surface area contributed by atoms with E-state index in [0.29, 0.717) is 6.04 Å². The van der Waals surface area contributed by atoms with Crippen LogP contribution in [0.1, 0.15) is 33.0 Å². The summed E-state index contributed by atoms with van der Waals surface area (Å²) in [4.78, 5) is 0. The third kappa shape index (κ3) is 4.26. The number of hydrogen-bond acceptors (Lipinski definition) is 5. The van der Waals surface area contributed by atoms with E-state index in [4.69, 9.17) is 0 Å². The minimum Gasteiger partial charge on any atom is -0.394 e. The van der Waals surface area contributed by atoms with Crippen molar-refractivity contribution in [2.75, 3.05) is 12.4 Å². The van der Waals surface area contributed by atoms with Gasteiger partial charge in [0, 0.05) is 24.4 Å². The molecule has 0 saturated carbocycles. The first-order chi connectivity index (χ1) is 8.38. The molecule has 1 unspecified atom stereocenters. The third-order valence-corrected chi connectivity index (χ3v) is 3.95. The van der Waals surface area contributed by atoms with Gasteiger partial charge in [-0.3, -0.25) is 0 Å². The molecule has 1 atom stereocenters. The fraction of sp³-hybridized carbons (Fsp3) is 0.833. The first-order valence-corrected chi connectivity index (χ1v) is 7.24. The topological polar surface area (TPSA) is 63.0 Å². The van der Waals surface area contributed by atoms with Gasteiger partial charge in [-0.15, -0.1) is 10.2 Å². The quantitative estimate of drug-likeness (QED) is 0.734. The van der Waals surface area contributed by atoms with Gasteiger partial charge in [0.05, 0.1) is 6.61 Å². The molecular formula is C12H24N4OS. The molecule has 2 N–H and O–H groups in total. The summed E-state index contributed by atoms with van der Waals surface area (Å²) in [6.07, 6.45) is 0.887. The standard InChI is InChI=1S/C12H24N4OS/c1-9(2)13-12(4,8-17)6-7-18-11-15-14-10(3)16(11)5/h9,13,17H,6-8H2,1-5H3. The molecule has 5 nitrogen and oxygen atoms in total. The zero-order valence-electron chi connectivity index (χ0n) is 11.9. The number of nitrogens with zero attached hydrogens (tertiary/aromatic N) is 3. The van der Waals surface area contributed by atoms with E-state index >= 15 is 0 Å². The zero-order chi connectivity index (χ0) is 13.8.